The van der Waals surface area contributed by atoms with Crippen LogP contribution < -0.4 is 5.32 Å². The summed E-state index contributed by atoms with van der Waals surface area (Å²) in [6, 6.07) is 14.3. The average molecular weight is 373 g/mol. The highest BCUT2D eigenvalue weighted by atomic mass is 31.0. The first-order valence-electron chi connectivity index (χ1n) is 7.77. The lowest BCUT2D eigenvalue weighted by Gasteiger charge is -2.15. The molecule has 1 aromatic heterocycles. The Labute approximate surface area is 151 Å². The number of hydrogen-bond acceptors (Lipinski definition) is 5. The minimum Gasteiger partial charge on any atom is -0.480 e. The van der Waals surface area contributed by atoms with Crippen LogP contribution in [0.5, 0.6) is 0 Å². The highest BCUT2D eigenvalue weighted by Crippen LogP contribution is 2.34. The molecule has 0 aliphatic rings. The van der Waals surface area contributed by atoms with Crippen molar-refractivity contribution in [3.8, 4) is 11.4 Å². The van der Waals surface area contributed by atoms with Crippen LogP contribution in [0, 0.1) is 0 Å². The molecular formula is C17H17FN5O2P. The van der Waals surface area contributed by atoms with Gasteiger partial charge in [0.15, 0.2) is 6.54 Å². The number of halogens is 1. The maximum atomic E-state index is 13.9. The number of para-hydroxylation sites is 1. The molecule has 2 atom stereocenters. The van der Waals surface area contributed by atoms with E-state index >= 15 is 0 Å². The third-order valence-corrected chi connectivity index (χ3v) is 3.96. The van der Waals surface area contributed by atoms with E-state index in [9.17, 15) is 9.18 Å². The zero-order valence-corrected chi connectivity index (χ0v) is 15.1. The second-order valence-corrected chi connectivity index (χ2v) is 6.94. The van der Waals surface area contributed by atoms with Crippen molar-refractivity contribution in [2.75, 3.05) is 5.32 Å². The number of aromatic nitrogens is 4. The smallest absolute Gasteiger partial charge is 0.327 e. The molecule has 2 unspecified atom stereocenters. The molecule has 0 aliphatic carbocycles. The van der Waals surface area contributed by atoms with Crippen LogP contribution >= 0.6 is 9.24 Å². The summed E-state index contributed by atoms with van der Waals surface area (Å²) in [6.07, 6.45) is 0. The summed E-state index contributed by atoms with van der Waals surface area (Å²) in [6.45, 7) is 1.11. The Morgan fingerprint density at radius 1 is 1.27 bits per heavy atom. The SMILES string of the molecule is CC(F)(P)c1ccc(Nc2ccccc2-c2nnn(CC(=O)O)n2)cc1. The lowest BCUT2D eigenvalue weighted by atomic mass is 10.1. The second kappa shape index (κ2) is 7.17. The molecule has 0 saturated carbocycles. The molecule has 2 aromatic carbocycles. The fraction of sp³-hybridized carbons (Fsp3) is 0.176. The van der Waals surface area contributed by atoms with Gasteiger partial charge in [0.2, 0.25) is 5.82 Å². The van der Waals surface area contributed by atoms with E-state index in [-0.39, 0.29) is 6.54 Å². The van der Waals surface area contributed by atoms with E-state index < -0.39 is 11.4 Å². The van der Waals surface area contributed by atoms with E-state index in [1.54, 1.807) is 30.3 Å². The van der Waals surface area contributed by atoms with Gasteiger partial charge in [-0.15, -0.1) is 10.2 Å². The normalized spacial score (nSPS) is 13.2. The molecule has 3 rings (SSSR count). The Kier molecular flexibility index (Phi) is 4.95. The van der Waals surface area contributed by atoms with E-state index in [0.717, 1.165) is 16.2 Å². The molecule has 0 radical (unpaired) electrons. The summed E-state index contributed by atoms with van der Waals surface area (Å²) in [7, 11) is 2.17. The van der Waals surface area contributed by atoms with Gasteiger partial charge in [0.1, 0.15) is 5.41 Å². The van der Waals surface area contributed by atoms with Gasteiger partial charge in [-0.2, -0.15) is 4.80 Å². The van der Waals surface area contributed by atoms with E-state index in [2.05, 4.69) is 30.0 Å². The lowest BCUT2D eigenvalue weighted by Crippen LogP contribution is -2.11. The fourth-order valence-corrected chi connectivity index (χ4v) is 2.55. The highest BCUT2D eigenvalue weighted by molar-refractivity contribution is 7.18. The molecule has 0 aliphatic heterocycles. The zero-order chi connectivity index (χ0) is 18.7. The molecule has 0 saturated heterocycles. The number of hydrogen-bond donors (Lipinski definition) is 2. The topological polar surface area (TPSA) is 92.9 Å². The Hall–Kier alpha value is -2.86. The molecule has 2 N–H and O–H groups in total. The summed E-state index contributed by atoms with van der Waals surface area (Å²) < 4.78 is 13.9. The van der Waals surface area contributed by atoms with E-state index in [1.165, 1.54) is 6.92 Å². The van der Waals surface area contributed by atoms with Crippen LogP contribution in [0.4, 0.5) is 15.8 Å². The summed E-state index contributed by atoms with van der Waals surface area (Å²) in [5.41, 5.74) is 2.73. The quantitative estimate of drug-likeness (QED) is 0.645. The van der Waals surface area contributed by atoms with E-state index in [0.29, 0.717) is 17.0 Å². The predicted octanol–water partition coefficient (Wildman–Crippen LogP) is 3.19. The molecule has 3 aromatic rings. The Morgan fingerprint density at radius 2 is 1.96 bits per heavy atom. The van der Waals surface area contributed by atoms with Gasteiger partial charge < -0.3 is 10.4 Å². The van der Waals surface area contributed by atoms with Crippen molar-refractivity contribution in [2.24, 2.45) is 0 Å². The Balaban J connectivity index is 1.85. The Bertz CT molecular complexity index is 921. The minimum atomic E-state index is -1.48. The van der Waals surface area contributed by atoms with Crippen LogP contribution in [0.1, 0.15) is 12.5 Å². The molecule has 0 amide bonds. The first-order valence-corrected chi connectivity index (χ1v) is 8.35. The molecule has 134 valence electrons. The molecular weight excluding hydrogens is 356 g/mol. The van der Waals surface area contributed by atoms with Crippen molar-refractivity contribution < 1.29 is 14.3 Å². The monoisotopic (exact) mass is 373 g/mol. The van der Waals surface area contributed by atoms with Crippen molar-refractivity contribution in [1.29, 1.82) is 0 Å². The number of carboxylic acid groups (broad SMARTS) is 1. The molecule has 7 nitrogen and oxygen atoms in total. The third kappa shape index (κ3) is 4.21. The first-order chi connectivity index (χ1) is 12.3. The number of nitrogens with one attached hydrogen (secondary N) is 1. The van der Waals surface area contributed by atoms with Crippen LogP contribution in [-0.4, -0.2) is 31.3 Å². The van der Waals surface area contributed by atoms with Gasteiger partial charge in [-0.3, -0.25) is 4.79 Å². The number of rotatable bonds is 6. The van der Waals surface area contributed by atoms with Gasteiger partial charge in [0.25, 0.3) is 0 Å². The summed E-state index contributed by atoms with van der Waals surface area (Å²) >= 11 is 0. The van der Waals surface area contributed by atoms with Gasteiger partial charge in [-0.25, -0.2) is 4.39 Å². The number of anilines is 2. The summed E-state index contributed by atoms with van der Waals surface area (Å²) in [5, 5.41) is 22.3. The van der Waals surface area contributed by atoms with Gasteiger partial charge >= 0.3 is 5.97 Å². The average Bonchev–Trinajstić information content (AvgIpc) is 3.02. The van der Waals surface area contributed by atoms with Crippen molar-refractivity contribution >= 4 is 26.6 Å². The molecule has 0 spiro atoms. The third-order valence-electron chi connectivity index (χ3n) is 3.63. The maximum Gasteiger partial charge on any atom is 0.327 e. The van der Waals surface area contributed by atoms with Crippen molar-refractivity contribution in [1.82, 2.24) is 20.2 Å². The number of nitrogens with zero attached hydrogens (tertiary/aromatic N) is 4. The predicted molar refractivity (Wildman–Crippen MR) is 98.8 cm³/mol. The summed E-state index contributed by atoms with van der Waals surface area (Å²) in [5.74, 6) is -0.735. The van der Waals surface area contributed by atoms with Gasteiger partial charge in [-0.05, 0) is 42.0 Å². The highest BCUT2D eigenvalue weighted by Gasteiger charge is 2.18. The molecule has 1 heterocycles. The largest absolute Gasteiger partial charge is 0.480 e. The fourth-order valence-electron chi connectivity index (χ4n) is 2.36. The van der Waals surface area contributed by atoms with Gasteiger partial charge in [0, 0.05) is 16.9 Å². The number of alkyl halides is 1. The summed E-state index contributed by atoms with van der Waals surface area (Å²) in [4.78, 5) is 11.8. The molecule has 0 fully saturated rings. The first kappa shape index (κ1) is 17.9. The van der Waals surface area contributed by atoms with Crippen LogP contribution in [0.3, 0.4) is 0 Å². The minimum absolute atomic E-state index is 0.312. The van der Waals surface area contributed by atoms with E-state index in [4.69, 9.17) is 5.11 Å². The molecule has 0 bridgehead atoms. The number of tetrazole rings is 1. The van der Waals surface area contributed by atoms with Gasteiger partial charge in [0.05, 0.1) is 0 Å². The van der Waals surface area contributed by atoms with E-state index in [1.807, 2.05) is 18.2 Å². The van der Waals surface area contributed by atoms with Crippen LogP contribution in [0.15, 0.2) is 48.5 Å². The number of carboxylic acids is 1. The van der Waals surface area contributed by atoms with Gasteiger partial charge in [-0.1, -0.05) is 33.5 Å². The van der Waals surface area contributed by atoms with Crippen LogP contribution in [0.25, 0.3) is 11.4 Å². The molecule has 9 heteroatoms. The maximum absolute atomic E-state index is 13.9. The lowest BCUT2D eigenvalue weighted by molar-refractivity contribution is -0.138. The van der Waals surface area contributed by atoms with Crippen molar-refractivity contribution in [2.45, 2.75) is 18.9 Å². The van der Waals surface area contributed by atoms with Crippen LogP contribution in [-0.2, 0) is 16.7 Å². The van der Waals surface area contributed by atoms with Crippen molar-refractivity contribution in [3.63, 3.8) is 0 Å². The number of aliphatic carboxylic acids is 1. The second-order valence-electron chi connectivity index (χ2n) is 5.86. The zero-order valence-electron chi connectivity index (χ0n) is 13.9. The van der Waals surface area contributed by atoms with Crippen molar-refractivity contribution in [3.05, 3.63) is 54.1 Å². The number of carbonyl (C=O) groups is 1. The van der Waals surface area contributed by atoms with Crippen LogP contribution in [0.2, 0.25) is 0 Å². The molecule has 26 heavy (non-hydrogen) atoms. The standard InChI is InChI=1S/C17H17FN5O2P/c1-17(18,26)11-6-8-12(9-7-11)19-14-5-3-2-4-13(14)16-20-22-23(21-16)10-15(24)25/h2-9,19H,10,26H2,1H3,(H,24,25). The number of benzene rings is 2. The Morgan fingerprint density at radius 3 is 2.62 bits per heavy atom.